The van der Waals surface area contributed by atoms with Crippen LogP contribution in [0.2, 0.25) is 0 Å². The van der Waals surface area contributed by atoms with Gasteiger partial charge in [-0.3, -0.25) is 4.79 Å². The highest BCUT2D eigenvalue weighted by atomic mass is 16.5. The van der Waals surface area contributed by atoms with E-state index in [2.05, 4.69) is 4.74 Å². The van der Waals surface area contributed by atoms with E-state index in [1.54, 1.807) is 0 Å². The van der Waals surface area contributed by atoms with Gasteiger partial charge in [-0.1, -0.05) is 0 Å². The number of carbonyl (C=O) groups is 1. The predicted molar refractivity (Wildman–Crippen MR) is 32.2 cm³/mol. The van der Waals surface area contributed by atoms with Gasteiger partial charge in [0, 0.05) is 5.92 Å². The first kappa shape index (κ1) is 7.50. The van der Waals surface area contributed by atoms with Crippen molar-refractivity contribution < 1.29 is 19.7 Å². The summed E-state index contributed by atoms with van der Waals surface area (Å²) in [5.41, 5.74) is 0. The predicted octanol–water partition coefficient (Wildman–Crippen LogP) is -1.10. The first-order chi connectivity index (χ1) is 4.74. The van der Waals surface area contributed by atoms with Crippen molar-refractivity contribution in [2.45, 2.75) is 12.5 Å². The highest BCUT2D eigenvalue weighted by molar-refractivity contribution is 5.71. The SMILES string of the molecule is O=C1C[C@@H]([C@H](O)CO)CO1. The zero-order chi connectivity index (χ0) is 7.56. The summed E-state index contributed by atoms with van der Waals surface area (Å²) in [5, 5.41) is 17.5. The number of aliphatic hydroxyl groups excluding tert-OH is 2. The molecule has 4 nitrogen and oxygen atoms in total. The summed E-state index contributed by atoms with van der Waals surface area (Å²) in [6.07, 6.45) is -0.590. The Labute approximate surface area is 58.4 Å². The molecule has 10 heavy (non-hydrogen) atoms. The molecule has 1 fully saturated rings. The molecule has 0 aromatic rings. The lowest BCUT2D eigenvalue weighted by molar-refractivity contribution is -0.137. The summed E-state index contributed by atoms with van der Waals surface area (Å²) in [4.78, 5) is 10.5. The Morgan fingerprint density at radius 3 is 2.90 bits per heavy atom. The van der Waals surface area contributed by atoms with Gasteiger partial charge in [-0.25, -0.2) is 0 Å². The third-order valence-electron chi connectivity index (χ3n) is 1.62. The molecule has 1 aliphatic rings. The summed E-state index contributed by atoms with van der Waals surface area (Å²) >= 11 is 0. The van der Waals surface area contributed by atoms with Gasteiger partial charge in [0.05, 0.1) is 25.7 Å². The van der Waals surface area contributed by atoms with E-state index in [9.17, 15) is 4.79 Å². The summed E-state index contributed by atoms with van der Waals surface area (Å²) in [5.74, 6) is -0.505. The third kappa shape index (κ3) is 1.46. The van der Waals surface area contributed by atoms with Gasteiger partial charge in [0.25, 0.3) is 0 Å². The summed E-state index contributed by atoms with van der Waals surface area (Å²) in [7, 11) is 0. The topological polar surface area (TPSA) is 66.8 Å². The maximum absolute atomic E-state index is 10.5. The molecular formula is C6H10O4. The molecule has 0 amide bonds. The van der Waals surface area contributed by atoms with Gasteiger partial charge in [-0.2, -0.15) is 0 Å². The summed E-state index contributed by atoms with van der Waals surface area (Å²) in [6.45, 7) is -0.0676. The zero-order valence-corrected chi connectivity index (χ0v) is 5.49. The lowest BCUT2D eigenvalue weighted by Crippen LogP contribution is -2.24. The maximum Gasteiger partial charge on any atom is 0.306 e. The van der Waals surface area contributed by atoms with Gasteiger partial charge >= 0.3 is 5.97 Å². The number of hydrogen-bond donors (Lipinski definition) is 2. The fourth-order valence-corrected chi connectivity index (χ4v) is 0.928. The lowest BCUT2D eigenvalue weighted by atomic mass is 10.0. The maximum atomic E-state index is 10.5. The van der Waals surface area contributed by atoms with E-state index in [0.29, 0.717) is 0 Å². The minimum absolute atomic E-state index is 0.211. The average molecular weight is 146 g/mol. The second-order valence-electron chi connectivity index (χ2n) is 2.40. The Morgan fingerprint density at radius 2 is 2.50 bits per heavy atom. The minimum atomic E-state index is -0.813. The highest BCUT2D eigenvalue weighted by Gasteiger charge is 2.29. The van der Waals surface area contributed by atoms with Crippen LogP contribution in [0.4, 0.5) is 0 Å². The smallest absolute Gasteiger partial charge is 0.306 e. The fourth-order valence-electron chi connectivity index (χ4n) is 0.928. The molecule has 2 N–H and O–H groups in total. The van der Waals surface area contributed by atoms with Crippen LogP contribution in [-0.2, 0) is 9.53 Å². The number of rotatable bonds is 2. The average Bonchev–Trinajstić information content (AvgIpc) is 2.34. The van der Waals surface area contributed by atoms with Crippen LogP contribution in [-0.4, -0.2) is 35.5 Å². The largest absolute Gasteiger partial charge is 0.465 e. The quantitative estimate of drug-likeness (QED) is 0.485. The van der Waals surface area contributed by atoms with Crippen molar-refractivity contribution in [3.05, 3.63) is 0 Å². The standard InChI is InChI=1S/C6H10O4/c7-2-5(8)4-1-6(9)10-3-4/h4-5,7-8H,1-3H2/t4-,5-/m1/s1. The van der Waals surface area contributed by atoms with Gasteiger partial charge < -0.3 is 14.9 Å². The summed E-state index contributed by atoms with van der Waals surface area (Å²) < 4.78 is 4.58. The summed E-state index contributed by atoms with van der Waals surface area (Å²) in [6, 6.07) is 0. The minimum Gasteiger partial charge on any atom is -0.465 e. The van der Waals surface area contributed by atoms with Crippen molar-refractivity contribution in [3.8, 4) is 0 Å². The molecular weight excluding hydrogens is 136 g/mol. The molecule has 0 aromatic carbocycles. The number of ether oxygens (including phenoxy) is 1. The molecule has 4 heteroatoms. The molecule has 1 saturated heterocycles. The van der Waals surface area contributed by atoms with Crippen LogP contribution < -0.4 is 0 Å². The van der Waals surface area contributed by atoms with Crippen LogP contribution in [0.5, 0.6) is 0 Å². The zero-order valence-electron chi connectivity index (χ0n) is 5.49. The van der Waals surface area contributed by atoms with Crippen LogP contribution in [0.1, 0.15) is 6.42 Å². The Morgan fingerprint density at radius 1 is 1.80 bits per heavy atom. The Hall–Kier alpha value is -0.610. The van der Waals surface area contributed by atoms with Crippen LogP contribution in [0.25, 0.3) is 0 Å². The van der Waals surface area contributed by atoms with Gasteiger partial charge in [0.2, 0.25) is 0 Å². The van der Waals surface area contributed by atoms with Crippen LogP contribution in [0.15, 0.2) is 0 Å². The Bertz CT molecular complexity index is 134. The molecule has 0 radical (unpaired) electrons. The molecule has 0 aromatic heterocycles. The van der Waals surface area contributed by atoms with E-state index in [1.807, 2.05) is 0 Å². The van der Waals surface area contributed by atoms with Gasteiger partial charge in [0.15, 0.2) is 0 Å². The lowest BCUT2D eigenvalue weighted by Gasteiger charge is -2.10. The van der Waals surface area contributed by atoms with Crippen molar-refractivity contribution >= 4 is 5.97 Å². The highest BCUT2D eigenvalue weighted by Crippen LogP contribution is 2.17. The Balaban J connectivity index is 2.36. The van der Waals surface area contributed by atoms with E-state index < -0.39 is 6.10 Å². The van der Waals surface area contributed by atoms with Gasteiger partial charge in [0.1, 0.15) is 0 Å². The number of esters is 1. The number of hydrogen-bond acceptors (Lipinski definition) is 4. The number of aliphatic hydroxyl groups is 2. The molecule has 0 bridgehead atoms. The van der Waals surface area contributed by atoms with Crippen LogP contribution in [0.3, 0.4) is 0 Å². The molecule has 0 unspecified atom stereocenters. The molecule has 1 rings (SSSR count). The second kappa shape index (κ2) is 2.98. The van der Waals surface area contributed by atoms with Crippen molar-refractivity contribution in [2.24, 2.45) is 5.92 Å². The van der Waals surface area contributed by atoms with Crippen molar-refractivity contribution in [3.63, 3.8) is 0 Å². The first-order valence-corrected chi connectivity index (χ1v) is 3.18. The Kier molecular flexibility index (Phi) is 2.24. The molecule has 1 heterocycles. The molecule has 2 atom stereocenters. The second-order valence-corrected chi connectivity index (χ2v) is 2.40. The van der Waals surface area contributed by atoms with E-state index in [4.69, 9.17) is 10.2 Å². The number of cyclic esters (lactones) is 1. The van der Waals surface area contributed by atoms with Crippen molar-refractivity contribution in [2.75, 3.05) is 13.2 Å². The van der Waals surface area contributed by atoms with Crippen LogP contribution >= 0.6 is 0 Å². The molecule has 0 aliphatic carbocycles. The molecule has 0 saturated carbocycles. The van der Waals surface area contributed by atoms with Crippen molar-refractivity contribution in [1.29, 1.82) is 0 Å². The normalized spacial score (nSPS) is 28.2. The molecule has 58 valence electrons. The number of carbonyl (C=O) groups excluding carboxylic acids is 1. The van der Waals surface area contributed by atoms with Crippen LogP contribution in [0, 0.1) is 5.92 Å². The van der Waals surface area contributed by atoms with Crippen molar-refractivity contribution in [1.82, 2.24) is 0 Å². The monoisotopic (exact) mass is 146 g/mol. The third-order valence-corrected chi connectivity index (χ3v) is 1.62. The van der Waals surface area contributed by atoms with E-state index in [1.165, 1.54) is 0 Å². The van der Waals surface area contributed by atoms with E-state index in [-0.39, 0.29) is 31.5 Å². The van der Waals surface area contributed by atoms with E-state index in [0.717, 1.165) is 0 Å². The van der Waals surface area contributed by atoms with Gasteiger partial charge in [-0.15, -0.1) is 0 Å². The molecule has 1 aliphatic heterocycles. The van der Waals surface area contributed by atoms with E-state index >= 15 is 0 Å². The van der Waals surface area contributed by atoms with Gasteiger partial charge in [-0.05, 0) is 0 Å². The molecule has 0 spiro atoms. The first-order valence-electron chi connectivity index (χ1n) is 3.18. The fraction of sp³-hybridized carbons (Fsp3) is 0.833.